The number of nitrogens with zero attached hydrogens (tertiary/aromatic N) is 3. The number of carbonyl (C=O) groups is 1. The molecule has 2 saturated heterocycles. The molecule has 2 atom stereocenters. The van der Waals surface area contributed by atoms with Gasteiger partial charge in [-0.15, -0.1) is 0 Å². The second-order valence-corrected chi connectivity index (χ2v) is 9.30. The van der Waals surface area contributed by atoms with Gasteiger partial charge in [-0.25, -0.2) is 4.79 Å². The van der Waals surface area contributed by atoms with Crippen LogP contribution in [-0.4, -0.2) is 92.5 Å². The first-order chi connectivity index (χ1) is 14.3. The molecule has 30 heavy (non-hydrogen) atoms. The SMILES string of the molecule is CCC(CC)C(CNC(=NC)N1CCC(NC(=O)OC(C)(C)C)C1)N1CCOCC1. The molecule has 0 spiro atoms. The van der Waals surface area contributed by atoms with Gasteiger partial charge in [0.1, 0.15) is 5.60 Å². The molecule has 2 heterocycles. The Morgan fingerprint density at radius 3 is 2.43 bits per heavy atom. The van der Waals surface area contributed by atoms with E-state index in [-0.39, 0.29) is 12.1 Å². The van der Waals surface area contributed by atoms with Gasteiger partial charge in [0.2, 0.25) is 0 Å². The van der Waals surface area contributed by atoms with E-state index in [9.17, 15) is 4.79 Å². The topological polar surface area (TPSA) is 78.4 Å². The fourth-order valence-corrected chi connectivity index (χ4v) is 4.41. The van der Waals surface area contributed by atoms with Crippen molar-refractivity contribution in [2.24, 2.45) is 10.9 Å². The van der Waals surface area contributed by atoms with Crippen molar-refractivity contribution in [1.29, 1.82) is 0 Å². The number of rotatable bonds is 7. The van der Waals surface area contributed by atoms with Crippen LogP contribution in [0.5, 0.6) is 0 Å². The maximum atomic E-state index is 12.1. The summed E-state index contributed by atoms with van der Waals surface area (Å²) in [5.74, 6) is 1.56. The monoisotopic (exact) mass is 425 g/mol. The van der Waals surface area contributed by atoms with Crippen molar-refractivity contribution < 1.29 is 14.3 Å². The highest BCUT2D eigenvalue weighted by Gasteiger charge is 2.30. The first-order valence-electron chi connectivity index (χ1n) is 11.5. The number of ether oxygens (including phenoxy) is 2. The Balaban J connectivity index is 1.90. The first kappa shape index (κ1) is 24.7. The van der Waals surface area contributed by atoms with E-state index in [2.05, 4.69) is 39.3 Å². The Morgan fingerprint density at radius 2 is 1.87 bits per heavy atom. The summed E-state index contributed by atoms with van der Waals surface area (Å²) in [6.07, 6.45) is 2.88. The number of morpholine rings is 1. The largest absolute Gasteiger partial charge is 0.444 e. The van der Waals surface area contributed by atoms with Gasteiger partial charge in [0.15, 0.2) is 5.96 Å². The van der Waals surface area contributed by atoms with Crippen molar-refractivity contribution in [3.8, 4) is 0 Å². The molecule has 0 aromatic rings. The van der Waals surface area contributed by atoms with E-state index in [1.54, 1.807) is 0 Å². The van der Waals surface area contributed by atoms with Gasteiger partial charge >= 0.3 is 6.09 Å². The number of hydrogen-bond acceptors (Lipinski definition) is 5. The lowest BCUT2D eigenvalue weighted by Gasteiger charge is -2.39. The molecule has 2 N–H and O–H groups in total. The molecule has 1 amide bonds. The van der Waals surface area contributed by atoms with Crippen molar-refractivity contribution in [1.82, 2.24) is 20.4 Å². The summed E-state index contributed by atoms with van der Waals surface area (Å²) in [5, 5.41) is 6.61. The van der Waals surface area contributed by atoms with Crippen molar-refractivity contribution in [2.45, 2.75) is 71.6 Å². The van der Waals surface area contributed by atoms with Crippen LogP contribution in [-0.2, 0) is 9.47 Å². The van der Waals surface area contributed by atoms with Crippen LogP contribution in [0.1, 0.15) is 53.9 Å². The summed E-state index contributed by atoms with van der Waals surface area (Å²) in [5.41, 5.74) is -0.483. The van der Waals surface area contributed by atoms with Crippen molar-refractivity contribution in [2.75, 3.05) is 53.0 Å². The standard InChI is InChI=1S/C22H43N5O3/c1-7-17(8-2)19(26-11-13-29-14-12-26)15-24-20(23-6)27-10-9-18(16-27)25-21(28)30-22(3,4)5/h17-19H,7-16H2,1-6H3,(H,23,24)(H,25,28). The van der Waals surface area contributed by atoms with Gasteiger partial charge in [-0.05, 0) is 33.1 Å². The Morgan fingerprint density at radius 1 is 1.20 bits per heavy atom. The second kappa shape index (κ2) is 11.7. The predicted molar refractivity (Wildman–Crippen MR) is 121 cm³/mol. The molecule has 2 rings (SSSR count). The number of aliphatic imine (C=N–C) groups is 1. The van der Waals surface area contributed by atoms with E-state index in [1.165, 1.54) is 12.8 Å². The van der Waals surface area contributed by atoms with E-state index in [4.69, 9.17) is 9.47 Å². The average Bonchev–Trinajstić information content (AvgIpc) is 3.15. The smallest absolute Gasteiger partial charge is 0.407 e. The minimum Gasteiger partial charge on any atom is -0.444 e. The Hall–Kier alpha value is -1.54. The van der Waals surface area contributed by atoms with Gasteiger partial charge in [-0.2, -0.15) is 0 Å². The summed E-state index contributed by atoms with van der Waals surface area (Å²) in [6.45, 7) is 16.3. The number of carbonyl (C=O) groups excluding carboxylic acids is 1. The van der Waals surface area contributed by atoms with Crippen molar-refractivity contribution in [3.63, 3.8) is 0 Å². The summed E-state index contributed by atoms with van der Waals surface area (Å²) in [4.78, 5) is 21.4. The van der Waals surface area contributed by atoms with Crippen LogP contribution in [0.2, 0.25) is 0 Å². The fraction of sp³-hybridized carbons (Fsp3) is 0.909. The van der Waals surface area contributed by atoms with Crippen molar-refractivity contribution in [3.05, 3.63) is 0 Å². The van der Waals surface area contributed by atoms with Crippen LogP contribution in [0.15, 0.2) is 4.99 Å². The predicted octanol–water partition coefficient (Wildman–Crippen LogP) is 2.30. The lowest BCUT2D eigenvalue weighted by Crippen LogP contribution is -2.54. The van der Waals surface area contributed by atoms with Crippen LogP contribution >= 0.6 is 0 Å². The normalized spacial score (nSPS) is 22.3. The number of hydrogen-bond donors (Lipinski definition) is 2. The van der Waals surface area contributed by atoms with Gasteiger partial charge in [-0.3, -0.25) is 9.89 Å². The third-order valence-corrected chi connectivity index (χ3v) is 6.00. The Bertz CT molecular complexity index is 553. The zero-order chi connectivity index (χ0) is 22.1. The lowest BCUT2D eigenvalue weighted by molar-refractivity contribution is 0.00261. The first-order valence-corrected chi connectivity index (χ1v) is 11.5. The summed E-state index contributed by atoms with van der Waals surface area (Å²) < 4.78 is 10.9. The molecule has 8 heteroatoms. The minimum absolute atomic E-state index is 0.0764. The fourth-order valence-electron chi connectivity index (χ4n) is 4.41. The Labute approximate surface area is 182 Å². The van der Waals surface area contributed by atoms with Crippen molar-refractivity contribution >= 4 is 12.1 Å². The Kier molecular flexibility index (Phi) is 9.68. The molecule has 2 aliphatic heterocycles. The van der Waals surface area contributed by atoms with Gasteiger partial charge in [0.25, 0.3) is 0 Å². The highest BCUT2D eigenvalue weighted by Crippen LogP contribution is 2.20. The number of amides is 1. The summed E-state index contributed by atoms with van der Waals surface area (Å²) in [6, 6.07) is 0.548. The quantitative estimate of drug-likeness (QED) is 0.481. The molecule has 0 radical (unpaired) electrons. The van der Waals surface area contributed by atoms with Crippen LogP contribution in [0.25, 0.3) is 0 Å². The molecular weight excluding hydrogens is 382 g/mol. The maximum Gasteiger partial charge on any atom is 0.407 e. The highest BCUT2D eigenvalue weighted by molar-refractivity contribution is 5.80. The number of alkyl carbamates (subject to hydrolysis) is 1. The number of likely N-dealkylation sites (tertiary alicyclic amines) is 1. The minimum atomic E-state index is -0.483. The van der Waals surface area contributed by atoms with Gasteiger partial charge in [-0.1, -0.05) is 26.7 Å². The van der Waals surface area contributed by atoms with E-state index in [0.717, 1.165) is 58.3 Å². The third kappa shape index (κ3) is 7.61. The van der Waals surface area contributed by atoms with Gasteiger partial charge in [0.05, 0.1) is 19.3 Å². The molecular formula is C22H43N5O3. The summed E-state index contributed by atoms with van der Waals surface area (Å²) in [7, 11) is 1.83. The van der Waals surface area contributed by atoms with E-state index < -0.39 is 5.60 Å². The van der Waals surface area contributed by atoms with E-state index in [0.29, 0.717) is 12.0 Å². The zero-order valence-corrected chi connectivity index (χ0v) is 19.9. The van der Waals surface area contributed by atoms with Crippen LogP contribution in [0.3, 0.4) is 0 Å². The van der Waals surface area contributed by atoms with E-state index >= 15 is 0 Å². The van der Waals surface area contributed by atoms with Crippen LogP contribution in [0, 0.1) is 5.92 Å². The number of nitrogens with one attached hydrogen (secondary N) is 2. The molecule has 2 unspecified atom stereocenters. The molecule has 0 aliphatic carbocycles. The highest BCUT2D eigenvalue weighted by atomic mass is 16.6. The molecule has 0 aromatic carbocycles. The number of guanidine groups is 1. The second-order valence-electron chi connectivity index (χ2n) is 9.30. The molecule has 8 nitrogen and oxygen atoms in total. The zero-order valence-electron chi connectivity index (χ0n) is 19.9. The molecule has 2 aliphatic rings. The third-order valence-electron chi connectivity index (χ3n) is 6.00. The molecule has 0 aromatic heterocycles. The van der Waals surface area contributed by atoms with Gasteiger partial charge < -0.3 is 25.0 Å². The molecule has 0 bridgehead atoms. The maximum absolute atomic E-state index is 12.1. The van der Waals surface area contributed by atoms with Crippen LogP contribution < -0.4 is 10.6 Å². The molecule has 174 valence electrons. The lowest BCUT2D eigenvalue weighted by atomic mass is 9.92. The summed E-state index contributed by atoms with van der Waals surface area (Å²) >= 11 is 0. The van der Waals surface area contributed by atoms with Crippen LogP contribution in [0.4, 0.5) is 4.79 Å². The van der Waals surface area contributed by atoms with E-state index in [1.807, 2.05) is 27.8 Å². The molecule has 2 fully saturated rings. The average molecular weight is 426 g/mol. The molecule has 0 saturated carbocycles. The van der Waals surface area contributed by atoms with Gasteiger partial charge in [0, 0.05) is 45.8 Å².